The van der Waals surface area contributed by atoms with E-state index in [1.807, 2.05) is 55.4 Å². The van der Waals surface area contributed by atoms with E-state index in [9.17, 15) is 9.90 Å². The van der Waals surface area contributed by atoms with Gasteiger partial charge in [-0.15, -0.1) is 0 Å². The zero-order valence-corrected chi connectivity index (χ0v) is 40.3. The van der Waals surface area contributed by atoms with Crippen LogP contribution in [0.2, 0.25) is 0 Å². The topological polar surface area (TPSA) is 89.3 Å². The molecule has 10 unspecified atom stereocenters. The number of benzene rings is 1. The minimum absolute atomic E-state index is 0.0591. The maximum atomic E-state index is 13.6. The number of hydrogen-bond acceptors (Lipinski definition) is 4. The molecule has 1 aromatic rings. The molecule has 0 amide bonds. The molecule has 4 nitrogen and oxygen atoms in total. The molecule has 4 heteroatoms. The van der Waals surface area contributed by atoms with Crippen molar-refractivity contribution in [1.82, 2.24) is 0 Å². The van der Waals surface area contributed by atoms with E-state index in [1.54, 1.807) is 18.2 Å². The van der Waals surface area contributed by atoms with Gasteiger partial charge in [-0.1, -0.05) is 126 Å². The fourth-order valence-electron chi connectivity index (χ4n) is 11.8. The molecule has 4 saturated carbocycles. The average Bonchev–Trinajstić information content (AvgIpc) is 3.54. The number of allylic oxidation sites excluding steroid dienone is 4. The highest BCUT2D eigenvalue weighted by atomic mass is 16.3. The molecule has 0 radical (unpaired) electrons. The highest BCUT2D eigenvalue weighted by Gasteiger charge is 2.64. The standard InChI is InChI=1S/C36H56N2O2.C8H16.4C2H6/c1-22(2)8-7-9-23(3)28-11-12-29-27-10-13-32-35(5,30(27)14-16-34(28,29)4)17-15-33(40)36(32,6)21-31(39)24-18-25(37)20-26(38)19-24;1-4-5-6-7-8(2)3;4*1-2/h8,18-20,23,27-30,32-33,40H,7,9-17,21,37-38H2,1-6H3;7H,4-6H2,1-3H3;4*1-2H3. The van der Waals surface area contributed by atoms with Gasteiger partial charge in [0.05, 0.1) is 6.10 Å². The van der Waals surface area contributed by atoms with Gasteiger partial charge < -0.3 is 16.6 Å². The summed E-state index contributed by atoms with van der Waals surface area (Å²) in [5.74, 6) is 4.37. The molecule has 5 N–H and O–H groups in total. The first-order chi connectivity index (χ1) is 26.6. The molecule has 0 aromatic heterocycles. The van der Waals surface area contributed by atoms with Crippen molar-refractivity contribution in [3.63, 3.8) is 0 Å². The summed E-state index contributed by atoms with van der Waals surface area (Å²) < 4.78 is 0. The molecule has 326 valence electrons. The van der Waals surface area contributed by atoms with E-state index in [4.69, 9.17) is 11.5 Å². The highest BCUT2D eigenvalue weighted by molar-refractivity contribution is 5.98. The van der Waals surface area contributed by atoms with Crippen LogP contribution in [-0.2, 0) is 0 Å². The van der Waals surface area contributed by atoms with E-state index in [2.05, 4.69) is 74.5 Å². The van der Waals surface area contributed by atoms with Gasteiger partial charge in [-0.25, -0.2) is 0 Å². The largest absolute Gasteiger partial charge is 0.399 e. The number of rotatable bonds is 10. The minimum atomic E-state index is -0.448. The fraction of sp³-hybridized carbons (Fsp3) is 0.788. The van der Waals surface area contributed by atoms with E-state index in [1.165, 1.54) is 75.4 Å². The Labute approximate surface area is 349 Å². The smallest absolute Gasteiger partial charge is 0.163 e. The average molecular weight is 781 g/mol. The number of ketones is 1. The Hall–Kier alpha value is -2.07. The van der Waals surface area contributed by atoms with Gasteiger partial charge in [-0.3, -0.25) is 4.79 Å². The lowest BCUT2D eigenvalue weighted by atomic mass is 9.40. The van der Waals surface area contributed by atoms with Crippen LogP contribution in [0.15, 0.2) is 41.5 Å². The Bertz CT molecular complexity index is 1290. The number of aliphatic hydroxyl groups is 1. The highest BCUT2D eigenvalue weighted by Crippen LogP contribution is 2.70. The summed E-state index contributed by atoms with van der Waals surface area (Å²) in [6, 6.07) is 5.18. The Kier molecular flexibility index (Phi) is 25.2. The molecule has 4 fully saturated rings. The number of unbranched alkanes of at least 4 members (excludes halogenated alkanes) is 2. The van der Waals surface area contributed by atoms with Crippen LogP contribution in [0.3, 0.4) is 0 Å². The van der Waals surface area contributed by atoms with E-state index >= 15 is 0 Å². The maximum Gasteiger partial charge on any atom is 0.163 e. The predicted molar refractivity (Wildman–Crippen MR) is 251 cm³/mol. The number of carbonyl (C=O) groups excluding carboxylic acids is 1. The molecule has 0 heterocycles. The number of Topliss-reactive ketones (excluding diaryl/α,β-unsaturated/α-hetero) is 1. The second-order valence-corrected chi connectivity index (χ2v) is 18.0. The number of anilines is 2. The third-order valence-electron chi connectivity index (χ3n) is 14.3. The minimum Gasteiger partial charge on any atom is -0.399 e. The van der Waals surface area contributed by atoms with Crippen LogP contribution in [0.1, 0.15) is 218 Å². The van der Waals surface area contributed by atoms with Gasteiger partial charge in [-0.2, -0.15) is 0 Å². The van der Waals surface area contributed by atoms with Crippen molar-refractivity contribution in [2.45, 2.75) is 214 Å². The van der Waals surface area contributed by atoms with E-state index in [0.717, 1.165) is 42.9 Å². The lowest BCUT2D eigenvalue weighted by Gasteiger charge is -2.65. The maximum absolute atomic E-state index is 13.6. The Morgan fingerprint density at radius 2 is 1.27 bits per heavy atom. The van der Waals surface area contributed by atoms with Gasteiger partial charge in [0, 0.05) is 28.8 Å². The monoisotopic (exact) mass is 781 g/mol. The normalized spacial score (nSPS) is 31.2. The van der Waals surface area contributed by atoms with Gasteiger partial charge in [0.1, 0.15) is 0 Å². The first kappa shape index (κ1) is 53.9. The van der Waals surface area contributed by atoms with Crippen molar-refractivity contribution in [3.8, 4) is 0 Å². The molecule has 4 aliphatic carbocycles. The number of hydrogen-bond donors (Lipinski definition) is 3. The van der Waals surface area contributed by atoms with Crippen LogP contribution in [0, 0.1) is 51.8 Å². The van der Waals surface area contributed by atoms with Gasteiger partial charge >= 0.3 is 0 Å². The van der Waals surface area contributed by atoms with Crippen molar-refractivity contribution < 1.29 is 9.90 Å². The predicted octanol–water partition coefficient (Wildman–Crippen LogP) is 15.7. The molecule has 0 bridgehead atoms. The fourth-order valence-corrected chi connectivity index (χ4v) is 11.8. The van der Waals surface area contributed by atoms with Crippen molar-refractivity contribution in [2.24, 2.45) is 51.8 Å². The summed E-state index contributed by atoms with van der Waals surface area (Å²) in [7, 11) is 0. The van der Waals surface area contributed by atoms with Gasteiger partial charge in [0.2, 0.25) is 0 Å². The van der Waals surface area contributed by atoms with Crippen molar-refractivity contribution in [3.05, 3.63) is 47.1 Å². The van der Waals surface area contributed by atoms with Crippen LogP contribution in [-0.4, -0.2) is 17.0 Å². The lowest BCUT2D eigenvalue weighted by molar-refractivity contribution is -0.183. The molecule has 5 rings (SSSR count). The SMILES string of the molecule is CC.CC.CC.CC.CC(C)=CCCC(C)C1CCC2C3CCC4C(C)(CC(=O)c5cc(N)cc(N)c5)C(O)CCC4(C)C3CCC12C.CCCCC=C(C)C. The van der Waals surface area contributed by atoms with E-state index < -0.39 is 11.5 Å². The summed E-state index contributed by atoms with van der Waals surface area (Å²) in [6.45, 7) is 36.9. The molecule has 0 saturated heterocycles. The lowest BCUT2D eigenvalue weighted by Crippen LogP contribution is -2.60. The Morgan fingerprint density at radius 1 is 0.750 bits per heavy atom. The summed E-state index contributed by atoms with van der Waals surface area (Å²) in [5, 5.41) is 11.5. The quantitative estimate of drug-likeness (QED) is 0.0954. The van der Waals surface area contributed by atoms with E-state index in [0.29, 0.717) is 40.6 Å². The molecule has 1 aromatic carbocycles. The number of carbonyl (C=O) groups is 1. The molecular formula is C52H96N2O2. The van der Waals surface area contributed by atoms with Gasteiger partial charge in [0.25, 0.3) is 0 Å². The number of fused-ring (bicyclic) bond motifs is 5. The molecule has 0 aliphatic heterocycles. The third kappa shape index (κ3) is 13.5. The summed E-state index contributed by atoms with van der Waals surface area (Å²) >= 11 is 0. The van der Waals surface area contributed by atoms with Gasteiger partial charge in [-0.05, 0) is 163 Å². The summed E-state index contributed by atoms with van der Waals surface area (Å²) in [4.78, 5) is 13.6. The van der Waals surface area contributed by atoms with Crippen LogP contribution in [0.4, 0.5) is 11.4 Å². The zero-order chi connectivity index (χ0) is 43.4. The third-order valence-corrected chi connectivity index (χ3v) is 14.3. The number of nitrogen functional groups attached to an aromatic ring is 2. The first-order valence-electron chi connectivity index (χ1n) is 23.7. The van der Waals surface area contributed by atoms with Crippen molar-refractivity contribution >= 4 is 17.2 Å². The second kappa shape index (κ2) is 26.1. The summed E-state index contributed by atoms with van der Waals surface area (Å²) in [6.07, 6.45) is 20.8. The Morgan fingerprint density at radius 3 is 1.80 bits per heavy atom. The molecular weight excluding hydrogens is 685 g/mol. The molecule has 0 spiro atoms. The second-order valence-electron chi connectivity index (χ2n) is 18.0. The molecule has 4 aliphatic rings. The van der Waals surface area contributed by atoms with E-state index in [-0.39, 0.29) is 11.2 Å². The number of aliphatic hydroxyl groups excluding tert-OH is 1. The molecule has 56 heavy (non-hydrogen) atoms. The van der Waals surface area contributed by atoms with Crippen LogP contribution < -0.4 is 11.5 Å². The zero-order valence-electron chi connectivity index (χ0n) is 40.3. The van der Waals surface area contributed by atoms with Crippen LogP contribution in [0.5, 0.6) is 0 Å². The molecule has 10 atom stereocenters. The Balaban J connectivity index is 0.00000163. The summed E-state index contributed by atoms with van der Waals surface area (Å²) in [5.41, 5.74) is 16.8. The van der Waals surface area contributed by atoms with Crippen LogP contribution in [0.25, 0.3) is 0 Å². The van der Waals surface area contributed by atoms with Crippen molar-refractivity contribution in [1.29, 1.82) is 0 Å². The number of nitrogens with two attached hydrogens (primary N) is 2. The van der Waals surface area contributed by atoms with Crippen molar-refractivity contribution in [2.75, 3.05) is 11.5 Å². The van der Waals surface area contributed by atoms with Gasteiger partial charge in [0.15, 0.2) is 5.78 Å². The first-order valence-corrected chi connectivity index (χ1v) is 23.7. The van der Waals surface area contributed by atoms with Crippen LogP contribution >= 0.6 is 0 Å².